The second-order valence-electron chi connectivity index (χ2n) is 8.30. The van der Waals surface area contributed by atoms with Gasteiger partial charge in [-0.05, 0) is 56.6 Å². The van der Waals surface area contributed by atoms with E-state index in [4.69, 9.17) is 10.2 Å². The Labute approximate surface area is 176 Å². The van der Waals surface area contributed by atoms with Crippen molar-refractivity contribution in [3.05, 3.63) is 34.9 Å². The van der Waals surface area contributed by atoms with Crippen LogP contribution in [0.4, 0.5) is 0 Å². The fraction of sp³-hybridized carbons (Fsp3) is 0.680. The summed E-state index contributed by atoms with van der Waals surface area (Å²) >= 11 is 0. The molecule has 0 atom stereocenters. The second kappa shape index (κ2) is 16.0. The summed E-state index contributed by atoms with van der Waals surface area (Å²) in [6.45, 7) is 2.16. The Balaban J connectivity index is 2.19. The van der Waals surface area contributed by atoms with E-state index in [0.29, 0.717) is 12.8 Å². The summed E-state index contributed by atoms with van der Waals surface area (Å²) in [5.74, 6) is -1.37. The maximum atomic E-state index is 10.5. The molecule has 0 aliphatic carbocycles. The molecule has 1 aromatic rings. The largest absolute Gasteiger partial charge is 0.481 e. The van der Waals surface area contributed by atoms with Crippen molar-refractivity contribution < 1.29 is 19.8 Å². The van der Waals surface area contributed by atoms with Gasteiger partial charge in [0.15, 0.2) is 0 Å². The van der Waals surface area contributed by atoms with Crippen molar-refractivity contribution in [3.63, 3.8) is 0 Å². The van der Waals surface area contributed by atoms with Crippen molar-refractivity contribution in [1.82, 2.24) is 0 Å². The third kappa shape index (κ3) is 13.9. The van der Waals surface area contributed by atoms with Crippen LogP contribution >= 0.6 is 0 Å². The van der Waals surface area contributed by atoms with Crippen molar-refractivity contribution >= 4 is 11.9 Å². The Kier molecular flexibility index (Phi) is 13.9. The average Bonchev–Trinajstić information content (AvgIpc) is 2.66. The highest BCUT2D eigenvalue weighted by Gasteiger charge is 2.04. The first-order chi connectivity index (χ1) is 14.0. The monoisotopic (exact) mass is 404 g/mol. The highest BCUT2D eigenvalue weighted by molar-refractivity contribution is 5.66. The molecule has 0 fully saturated rings. The third-order valence-corrected chi connectivity index (χ3v) is 5.54. The van der Waals surface area contributed by atoms with E-state index in [1.807, 2.05) is 0 Å². The lowest BCUT2D eigenvalue weighted by Gasteiger charge is -2.11. The molecule has 0 heterocycles. The molecule has 0 aliphatic heterocycles. The van der Waals surface area contributed by atoms with Crippen molar-refractivity contribution in [2.45, 2.75) is 110 Å². The van der Waals surface area contributed by atoms with Crippen molar-refractivity contribution in [3.8, 4) is 0 Å². The molecule has 0 aromatic heterocycles. The smallest absolute Gasteiger partial charge is 0.303 e. The zero-order valence-corrected chi connectivity index (χ0v) is 18.3. The van der Waals surface area contributed by atoms with Crippen molar-refractivity contribution in [1.29, 1.82) is 0 Å². The van der Waals surface area contributed by atoms with Gasteiger partial charge in [0.1, 0.15) is 0 Å². The van der Waals surface area contributed by atoms with Gasteiger partial charge in [-0.25, -0.2) is 0 Å². The number of carboxylic acid groups (broad SMARTS) is 2. The predicted molar refractivity (Wildman–Crippen MR) is 118 cm³/mol. The standard InChI is InChI=1S/C25H40O4/c1-21-18-19-22(14-10-6-2-4-8-12-16-24(26)27)23(20-21)15-11-7-3-5-9-13-17-25(28)29/h18-20H,2-17H2,1H3,(H,26,27)(H,28,29). The number of rotatable bonds is 18. The van der Waals surface area contributed by atoms with E-state index in [0.717, 1.165) is 51.4 Å². The molecule has 1 rings (SSSR count). The molecule has 164 valence electrons. The predicted octanol–water partition coefficient (Wildman–Crippen LogP) is 6.71. The molecule has 0 radical (unpaired) electrons. The van der Waals surface area contributed by atoms with Gasteiger partial charge in [0.05, 0.1) is 0 Å². The van der Waals surface area contributed by atoms with E-state index in [1.165, 1.54) is 55.2 Å². The van der Waals surface area contributed by atoms with E-state index in [9.17, 15) is 9.59 Å². The number of carbonyl (C=O) groups is 2. The molecule has 4 heteroatoms. The minimum atomic E-state index is -0.685. The molecule has 1 aromatic carbocycles. The lowest BCUT2D eigenvalue weighted by molar-refractivity contribution is -0.138. The quantitative estimate of drug-likeness (QED) is 0.267. The summed E-state index contributed by atoms with van der Waals surface area (Å²) in [4.78, 5) is 21.0. The zero-order chi connectivity index (χ0) is 21.3. The first-order valence-corrected chi connectivity index (χ1v) is 11.5. The molecule has 0 saturated carbocycles. The van der Waals surface area contributed by atoms with Gasteiger partial charge in [-0.15, -0.1) is 0 Å². The Hall–Kier alpha value is -1.84. The Bertz CT molecular complexity index is 594. The van der Waals surface area contributed by atoms with Gasteiger partial charge in [-0.2, -0.15) is 0 Å². The molecular weight excluding hydrogens is 364 g/mol. The number of aryl methyl sites for hydroxylation is 3. The average molecular weight is 405 g/mol. The SMILES string of the molecule is Cc1ccc(CCCCCCCCC(=O)O)c(CCCCCCCCC(=O)O)c1. The summed E-state index contributed by atoms with van der Waals surface area (Å²) < 4.78 is 0. The highest BCUT2D eigenvalue weighted by Crippen LogP contribution is 2.19. The van der Waals surface area contributed by atoms with Gasteiger partial charge in [0.2, 0.25) is 0 Å². The van der Waals surface area contributed by atoms with Gasteiger partial charge >= 0.3 is 11.9 Å². The van der Waals surface area contributed by atoms with Gasteiger partial charge in [-0.3, -0.25) is 9.59 Å². The molecule has 0 spiro atoms. The van der Waals surface area contributed by atoms with Crippen LogP contribution in [-0.2, 0) is 22.4 Å². The second-order valence-corrected chi connectivity index (χ2v) is 8.30. The van der Waals surface area contributed by atoms with Gasteiger partial charge in [-0.1, -0.05) is 75.1 Å². The number of unbranched alkanes of at least 4 members (excludes halogenated alkanes) is 10. The Morgan fingerprint density at radius 2 is 1.03 bits per heavy atom. The van der Waals surface area contributed by atoms with E-state index in [-0.39, 0.29) is 0 Å². The number of aliphatic carboxylic acids is 2. The van der Waals surface area contributed by atoms with E-state index in [2.05, 4.69) is 25.1 Å². The lowest BCUT2D eigenvalue weighted by atomic mass is 9.95. The topological polar surface area (TPSA) is 74.6 Å². The fourth-order valence-corrected chi connectivity index (χ4v) is 3.83. The first-order valence-electron chi connectivity index (χ1n) is 11.5. The summed E-state index contributed by atoms with van der Waals surface area (Å²) in [6, 6.07) is 6.85. The number of hydrogen-bond donors (Lipinski definition) is 2. The van der Waals surface area contributed by atoms with Crippen LogP contribution in [0.2, 0.25) is 0 Å². The molecule has 0 aliphatic rings. The zero-order valence-electron chi connectivity index (χ0n) is 18.3. The van der Waals surface area contributed by atoms with Crippen LogP contribution in [0.25, 0.3) is 0 Å². The molecule has 0 amide bonds. The molecular formula is C25H40O4. The Morgan fingerprint density at radius 3 is 1.52 bits per heavy atom. The molecule has 0 bridgehead atoms. The van der Waals surface area contributed by atoms with E-state index < -0.39 is 11.9 Å². The maximum Gasteiger partial charge on any atom is 0.303 e. The van der Waals surface area contributed by atoms with Crippen LogP contribution in [0.1, 0.15) is 107 Å². The van der Waals surface area contributed by atoms with Crippen LogP contribution in [0.15, 0.2) is 18.2 Å². The van der Waals surface area contributed by atoms with Crippen LogP contribution in [0.3, 0.4) is 0 Å². The van der Waals surface area contributed by atoms with Gasteiger partial charge < -0.3 is 10.2 Å². The van der Waals surface area contributed by atoms with Crippen LogP contribution in [-0.4, -0.2) is 22.2 Å². The molecule has 29 heavy (non-hydrogen) atoms. The van der Waals surface area contributed by atoms with Crippen molar-refractivity contribution in [2.75, 3.05) is 0 Å². The third-order valence-electron chi connectivity index (χ3n) is 5.54. The van der Waals surface area contributed by atoms with Crippen LogP contribution in [0.5, 0.6) is 0 Å². The summed E-state index contributed by atoms with van der Waals surface area (Å²) in [7, 11) is 0. The first kappa shape index (κ1) is 25.2. The summed E-state index contributed by atoms with van der Waals surface area (Å²) in [5, 5.41) is 17.3. The van der Waals surface area contributed by atoms with E-state index in [1.54, 1.807) is 0 Å². The van der Waals surface area contributed by atoms with Crippen LogP contribution < -0.4 is 0 Å². The molecule has 0 saturated heterocycles. The van der Waals surface area contributed by atoms with E-state index >= 15 is 0 Å². The van der Waals surface area contributed by atoms with Gasteiger partial charge in [0.25, 0.3) is 0 Å². The normalized spacial score (nSPS) is 10.9. The fourth-order valence-electron chi connectivity index (χ4n) is 3.83. The lowest BCUT2D eigenvalue weighted by Crippen LogP contribution is -1.97. The Morgan fingerprint density at radius 1 is 0.621 bits per heavy atom. The van der Waals surface area contributed by atoms with Crippen molar-refractivity contribution in [2.24, 2.45) is 0 Å². The number of carboxylic acids is 2. The maximum absolute atomic E-state index is 10.5. The minimum absolute atomic E-state index is 0.301. The highest BCUT2D eigenvalue weighted by atomic mass is 16.4. The molecule has 0 unspecified atom stereocenters. The minimum Gasteiger partial charge on any atom is -0.481 e. The van der Waals surface area contributed by atoms with Crippen LogP contribution in [0, 0.1) is 6.92 Å². The van der Waals surface area contributed by atoms with Gasteiger partial charge in [0, 0.05) is 12.8 Å². The number of benzene rings is 1. The molecule has 4 nitrogen and oxygen atoms in total. The summed E-state index contributed by atoms with van der Waals surface area (Å²) in [6.07, 6.45) is 16.1. The number of hydrogen-bond acceptors (Lipinski definition) is 2. The summed E-state index contributed by atoms with van der Waals surface area (Å²) in [5.41, 5.74) is 4.32. The molecule has 2 N–H and O–H groups in total.